The molecular formula is C9H14ClN3O2S. The lowest BCUT2D eigenvalue weighted by atomic mass is 10.3. The first kappa shape index (κ1) is 11.9. The molecule has 1 atom stereocenters. The molecule has 0 spiro atoms. The van der Waals surface area contributed by atoms with E-state index in [2.05, 4.69) is 9.97 Å². The van der Waals surface area contributed by atoms with E-state index < -0.39 is 10.0 Å². The van der Waals surface area contributed by atoms with Gasteiger partial charge in [0.2, 0.25) is 0 Å². The van der Waals surface area contributed by atoms with Crippen molar-refractivity contribution in [2.24, 2.45) is 0 Å². The summed E-state index contributed by atoms with van der Waals surface area (Å²) in [5.74, 6) is 0.937. The molecule has 1 unspecified atom stereocenters. The average Bonchev–Trinajstić information content (AvgIpc) is 2.85. The average molecular weight is 264 g/mol. The number of hydrogen-bond donors (Lipinski definition) is 1. The maximum Gasteiger partial charge on any atom is 0.260 e. The summed E-state index contributed by atoms with van der Waals surface area (Å²) >= 11 is 5.77. The summed E-state index contributed by atoms with van der Waals surface area (Å²) in [7, 11) is -3.45. The summed E-state index contributed by atoms with van der Waals surface area (Å²) in [6.45, 7) is 2.26. The highest BCUT2D eigenvalue weighted by Gasteiger charge is 2.35. The van der Waals surface area contributed by atoms with Gasteiger partial charge in [-0.1, -0.05) is 0 Å². The standard InChI is InChI=1S/C9H14ClN3O2S/c1-7-11-6-9(12-7)16(14,15)13-4-2-3-8(13)5-10/h6,8H,2-5H2,1H3,(H,11,12). The van der Waals surface area contributed by atoms with Crippen LogP contribution in [0, 0.1) is 6.92 Å². The Morgan fingerprint density at radius 2 is 2.44 bits per heavy atom. The van der Waals surface area contributed by atoms with Gasteiger partial charge in [0, 0.05) is 18.5 Å². The summed E-state index contributed by atoms with van der Waals surface area (Å²) in [4.78, 5) is 6.66. The molecule has 2 heterocycles. The zero-order valence-corrected chi connectivity index (χ0v) is 10.6. The number of alkyl halides is 1. The number of nitrogens with one attached hydrogen (secondary N) is 1. The van der Waals surface area contributed by atoms with Gasteiger partial charge >= 0.3 is 0 Å². The first-order valence-corrected chi connectivity index (χ1v) is 7.12. The molecule has 0 aliphatic carbocycles. The minimum Gasteiger partial charge on any atom is -0.332 e. The maximum absolute atomic E-state index is 12.2. The molecule has 1 aromatic heterocycles. The van der Waals surface area contributed by atoms with E-state index in [1.807, 2.05) is 0 Å². The molecule has 0 amide bonds. The molecule has 7 heteroatoms. The Labute approximate surface area is 99.9 Å². The van der Waals surface area contributed by atoms with Crippen molar-refractivity contribution >= 4 is 21.6 Å². The molecule has 1 N–H and O–H groups in total. The second-order valence-electron chi connectivity index (χ2n) is 3.90. The number of imidazole rings is 1. The lowest BCUT2D eigenvalue weighted by molar-refractivity contribution is 0.409. The first-order chi connectivity index (χ1) is 7.55. The van der Waals surface area contributed by atoms with Crippen LogP contribution in [0.1, 0.15) is 18.7 Å². The number of nitrogens with zero attached hydrogens (tertiary/aromatic N) is 2. The van der Waals surface area contributed by atoms with E-state index in [0.29, 0.717) is 18.2 Å². The SMILES string of the molecule is Cc1ncc(S(=O)(=O)N2CCCC2CCl)[nH]1. The summed E-state index contributed by atoms with van der Waals surface area (Å²) in [5, 5.41) is 0.155. The topological polar surface area (TPSA) is 66.1 Å². The molecule has 16 heavy (non-hydrogen) atoms. The second-order valence-corrected chi connectivity index (χ2v) is 6.07. The number of aromatic amines is 1. The van der Waals surface area contributed by atoms with E-state index in [1.54, 1.807) is 6.92 Å². The Morgan fingerprint density at radius 3 is 3.00 bits per heavy atom. The van der Waals surface area contributed by atoms with Crippen molar-refractivity contribution in [2.45, 2.75) is 30.8 Å². The molecule has 0 bridgehead atoms. The Kier molecular flexibility index (Phi) is 3.23. The molecule has 0 saturated carbocycles. The van der Waals surface area contributed by atoms with Gasteiger partial charge in [-0.05, 0) is 19.8 Å². The lowest BCUT2D eigenvalue weighted by Crippen LogP contribution is -2.36. The fourth-order valence-electron chi connectivity index (χ4n) is 1.94. The van der Waals surface area contributed by atoms with Gasteiger partial charge in [0.15, 0.2) is 5.03 Å². The number of aryl methyl sites for hydroxylation is 1. The van der Waals surface area contributed by atoms with Crippen LogP contribution in [0.5, 0.6) is 0 Å². The molecule has 0 radical (unpaired) electrons. The Morgan fingerprint density at radius 1 is 1.69 bits per heavy atom. The molecule has 90 valence electrons. The summed E-state index contributed by atoms with van der Waals surface area (Å²) in [6, 6.07) is -0.0877. The van der Waals surface area contributed by atoms with Crippen molar-refractivity contribution in [2.75, 3.05) is 12.4 Å². The van der Waals surface area contributed by atoms with Crippen molar-refractivity contribution in [3.63, 3.8) is 0 Å². The maximum atomic E-state index is 12.2. The third kappa shape index (κ3) is 1.97. The smallest absolute Gasteiger partial charge is 0.260 e. The van der Waals surface area contributed by atoms with Crippen LogP contribution in [0.4, 0.5) is 0 Å². The van der Waals surface area contributed by atoms with Crippen LogP contribution >= 0.6 is 11.6 Å². The van der Waals surface area contributed by atoms with Crippen LogP contribution in [0.2, 0.25) is 0 Å². The van der Waals surface area contributed by atoms with Gasteiger partial charge in [-0.25, -0.2) is 13.4 Å². The van der Waals surface area contributed by atoms with Crippen molar-refractivity contribution in [3.05, 3.63) is 12.0 Å². The molecule has 1 fully saturated rings. The van der Waals surface area contributed by atoms with Crippen molar-refractivity contribution < 1.29 is 8.42 Å². The van der Waals surface area contributed by atoms with Crippen molar-refractivity contribution in [1.82, 2.24) is 14.3 Å². The Bertz CT molecular complexity index is 471. The number of sulfonamides is 1. The normalized spacial score (nSPS) is 22.8. The molecule has 2 rings (SSSR count). The zero-order chi connectivity index (χ0) is 11.8. The predicted octanol–water partition coefficient (Wildman–Crippen LogP) is 1.11. The van der Waals surface area contributed by atoms with E-state index in [-0.39, 0.29) is 11.1 Å². The molecule has 1 aliphatic heterocycles. The third-order valence-corrected chi connectivity index (χ3v) is 4.99. The highest BCUT2D eigenvalue weighted by molar-refractivity contribution is 7.89. The number of hydrogen-bond acceptors (Lipinski definition) is 3. The number of halogens is 1. The molecule has 1 saturated heterocycles. The highest BCUT2D eigenvalue weighted by atomic mass is 35.5. The first-order valence-electron chi connectivity index (χ1n) is 5.15. The number of rotatable bonds is 3. The van der Waals surface area contributed by atoms with Crippen LogP contribution in [0.3, 0.4) is 0 Å². The summed E-state index contributed by atoms with van der Waals surface area (Å²) in [5.41, 5.74) is 0. The second kappa shape index (κ2) is 4.35. The zero-order valence-electron chi connectivity index (χ0n) is 8.98. The van der Waals surface area contributed by atoms with Gasteiger partial charge in [0.25, 0.3) is 10.0 Å². The van der Waals surface area contributed by atoms with Gasteiger partial charge < -0.3 is 4.98 Å². The van der Waals surface area contributed by atoms with Gasteiger partial charge in [-0.2, -0.15) is 4.31 Å². The third-order valence-electron chi connectivity index (χ3n) is 2.77. The predicted molar refractivity (Wildman–Crippen MR) is 61.0 cm³/mol. The molecule has 1 aliphatic rings. The van der Waals surface area contributed by atoms with Crippen molar-refractivity contribution in [1.29, 1.82) is 0 Å². The molecular weight excluding hydrogens is 250 g/mol. The Hall–Kier alpha value is -0.590. The van der Waals surface area contributed by atoms with Gasteiger partial charge in [-0.15, -0.1) is 11.6 Å². The lowest BCUT2D eigenvalue weighted by Gasteiger charge is -2.21. The van der Waals surface area contributed by atoms with E-state index in [9.17, 15) is 8.42 Å². The van der Waals surface area contributed by atoms with E-state index in [4.69, 9.17) is 11.6 Å². The largest absolute Gasteiger partial charge is 0.332 e. The minimum absolute atomic E-state index is 0.0877. The van der Waals surface area contributed by atoms with Crippen LogP contribution in [-0.2, 0) is 10.0 Å². The summed E-state index contributed by atoms with van der Waals surface area (Å²) < 4.78 is 25.9. The van der Waals surface area contributed by atoms with Crippen LogP contribution in [-0.4, -0.2) is 41.2 Å². The highest BCUT2D eigenvalue weighted by Crippen LogP contribution is 2.25. The van der Waals surface area contributed by atoms with Gasteiger partial charge in [-0.3, -0.25) is 0 Å². The Balaban J connectivity index is 2.32. The van der Waals surface area contributed by atoms with E-state index >= 15 is 0 Å². The fourth-order valence-corrected chi connectivity index (χ4v) is 4.00. The monoisotopic (exact) mass is 263 g/mol. The molecule has 0 aromatic carbocycles. The van der Waals surface area contributed by atoms with Crippen LogP contribution < -0.4 is 0 Å². The molecule has 5 nitrogen and oxygen atoms in total. The van der Waals surface area contributed by atoms with E-state index in [0.717, 1.165) is 12.8 Å². The fraction of sp³-hybridized carbons (Fsp3) is 0.667. The van der Waals surface area contributed by atoms with Gasteiger partial charge in [0.1, 0.15) is 5.82 Å². The minimum atomic E-state index is -3.45. The van der Waals surface area contributed by atoms with Gasteiger partial charge in [0.05, 0.1) is 6.20 Å². The molecule has 1 aromatic rings. The van der Waals surface area contributed by atoms with Crippen LogP contribution in [0.15, 0.2) is 11.2 Å². The van der Waals surface area contributed by atoms with E-state index in [1.165, 1.54) is 10.5 Å². The summed E-state index contributed by atoms with van der Waals surface area (Å²) in [6.07, 6.45) is 3.05. The van der Waals surface area contributed by atoms with Crippen LogP contribution in [0.25, 0.3) is 0 Å². The number of aromatic nitrogens is 2. The number of H-pyrrole nitrogens is 1. The van der Waals surface area contributed by atoms with Crippen molar-refractivity contribution in [3.8, 4) is 0 Å². The quantitative estimate of drug-likeness (QED) is 0.831.